The van der Waals surface area contributed by atoms with Crippen LogP contribution in [0.4, 0.5) is 0 Å². The highest BCUT2D eigenvalue weighted by Crippen LogP contribution is 2.12. The molecular formula is C13H29NO3Si4. The van der Waals surface area contributed by atoms with Crippen molar-refractivity contribution in [1.29, 1.82) is 0 Å². The lowest BCUT2D eigenvalue weighted by Crippen LogP contribution is -2.37. The molecule has 0 aliphatic carbocycles. The molecule has 0 fully saturated rings. The highest BCUT2D eigenvalue weighted by molar-refractivity contribution is 6.83. The van der Waals surface area contributed by atoms with E-state index in [4.69, 9.17) is 8.23 Å². The smallest absolute Gasteiger partial charge is 0.246 e. The van der Waals surface area contributed by atoms with E-state index >= 15 is 0 Å². The standard InChI is InChI=1S/C13H29NO3Si4/c1-12(2)13(15)14-9-8-10-18-17-21(6,7)11-19-16-20(3,4)5/h1,8-11H2,2-7H3,(H,14,15). The van der Waals surface area contributed by atoms with Crippen LogP contribution >= 0.6 is 0 Å². The Labute approximate surface area is 137 Å². The first kappa shape index (κ1) is 21.0. The van der Waals surface area contributed by atoms with E-state index < -0.39 is 16.6 Å². The van der Waals surface area contributed by atoms with Gasteiger partial charge in [0, 0.05) is 12.1 Å². The molecule has 4 radical (unpaired) electrons. The van der Waals surface area contributed by atoms with Crippen molar-refractivity contribution < 1.29 is 13.0 Å². The Morgan fingerprint density at radius 3 is 2.29 bits per heavy atom. The van der Waals surface area contributed by atoms with E-state index in [1.807, 2.05) is 0 Å². The fraction of sp³-hybridized carbons (Fsp3) is 0.769. The second-order valence-corrected chi connectivity index (χ2v) is 18.6. The maximum atomic E-state index is 11.3. The van der Waals surface area contributed by atoms with Crippen molar-refractivity contribution >= 4 is 42.1 Å². The molecule has 0 aromatic heterocycles. The average Bonchev–Trinajstić information content (AvgIpc) is 2.30. The molecular weight excluding hydrogens is 330 g/mol. The average molecular weight is 360 g/mol. The van der Waals surface area contributed by atoms with Gasteiger partial charge >= 0.3 is 0 Å². The second kappa shape index (κ2) is 9.90. The molecule has 0 unspecified atom stereocenters. The van der Waals surface area contributed by atoms with Crippen LogP contribution in [0.3, 0.4) is 0 Å². The van der Waals surface area contributed by atoms with Crippen LogP contribution in [0.25, 0.3) is 0 Å². The van der Waals surface area contributed by atoms with Gasteiger partial charge in [0.1, 0.15) is 0 Å². The molecule has 1 N–H and O–H groups in total. The number of rotatable bonds is 11. The van der Waals surface area contributed by atoms with E-state index in [0.29, 0.717) is 31.6 Å². The first-order valence-corrected chi connectivity index (χ1v) is 16.0. The third-order valence-corrected chi connectivity index (χ3v) is 12.7. The van der Waals surface area contributed by atoms with Gasteiger partial charge in [-0.3, -0.25) is 4.79 Å². The Morgan fingerprint density at radius 2 is 1.76 bits per heavy atom. The molecule has 0 spiro atoms. The van der Waals surface area contributed by atoms with E-state index in [-0.39, 0.29) is 5.91 Å². The molecule has 1 amide bonds. The molecule has 0 bridgehead atoms. The Balaban J connectivity index is 3.66. The molecule has 8 heteroatoms. The Hall–Kier alpha value is -0.00247. The van der Waals surface area contributed by atoms with Gasteiger partial charge in [-0.05, 0) is 57.8 Å². The molecule has 21 heavy (non-hydrogen) atoms. The number of nitrogens with one attached hydrogen (secondary N) is 1. The van der Waals surface area contributed by atoms with Crippen LogP contribution in [-0.2, 0) is 13.0 Å². The van der Waals surface area contributed by atoms with Crippen LogP contribution in [0, 0.1) is 0 Å². The van der Waals surface area contributed by atoms with E-state index in [1.165, 1.54) is 0 Å². The van der Waals surface area contributed by atoms with Crippen molar-refractivity contribution in [3.63, 3.8) is 0 Å². The lowest BCUT2D eigenvalue weighted by molar-refractivity contribution is -0.117. The number of hydrogen-bond acceptors (Lipinski definition) is 3. The number of hydrogen-bond donors (Lipinski definition) is 1. The van der Waals surface area contributed by atoms with Crippen molar-refractivity contribution in [2.75, 3.05) is 6.54 Å². The molecule has 0 aromatic carbocycles. The molecule has 0 aliphatic rings. The summed E-state index contributed by atoms with van der Waals surface area (Å²) in [6.45, 7) is 17.2. The van der Waals surface area contributed by atoms with Gasteiger partial charge in [0.25, 0.3) is 0 Å². The number of carbonyl (C=O) groups excluding carboxylic acids is 1. The SMILES string of the molecule is C=C(C)C(=O)NCCC[Si]O[Si](C)(C)C[Si]O[Si](C)(C)C. The summed E-state index contributed by atoms with van der Waals surface area (Å²) >= 11 is 0. The van der Waals surface area contributed by atoms with Crippen molar-refractivity contribution in [2.24, 2.45) is 0 Å². The van der Waals surface area contributed by atoms with Crippen molar-refractivity contribution in [2.45, 2.75) is 57.8 Å². The second-order valence-electron chi connectivity index (χ2n) is 6.68. The molecule has 0 saturated heterocycles. The quantitative estimate of drug-likeness (QED) is 0.350. The molecule has 4 nitrogen and oxygen atoms in total. The molecule has 0 rings (SSSR count). The van der Waals surface area contributed by atoms with Gasteiger partial charge in [0.2, 0.25) is 25.4 Å². The summed E-state index contributed by atoms with van der Waals surface area (Å²) in [5.41, 5.74) is 1.64. The van der Waals surface area contributed by atoms with Crippen LogP contribution in [0.2, 0.25) is 44.4 Å². The maximum Gasteiger partial charge on any atom is 0.246 e. The van der Waals surface area contributed by atoms with E-state index in [1.54, 1.807) is 6.92 Å². The van der Waals surface area contributed by atoms with Gasteiger partial charge < -0.3 is 13.5 Å². The van der Waals surface area contributed by atoms with Gasteiger partial charge in [-0.25, -0.2) is 0 Å². The zero-order valence-electron chi connectivity index (χ0n) is 14.3. The third kappa shape index (κ3) is 13.4. The molecule has 0 saturated carbocycles. The summed E-state index contributed by atoms with van der Waals surface area (Å²) in [6, 6.07) is 1.00. The normalized spacial score (nSPS) is 12.3. The molecule has 0 atom stereocenters. The minimum Gasteiger partial charge on any atom is -0.456 e. The molecule has 120 valence electrons. The predicted molar refractivity (Wildman–Crippen MR) is 96.6 cm³/mol. The molecule has 0 aromatic rings. The Morgan fingerprint density at radius 1 is 1.14 bits per heavy atom. The third-order valence-electron chi connectivity index (χ3n) is 2.35. The Kier molecular flexibility index (Phi) is 9.90. The van der Waals surface area contributed by atoms with E-state index in [0.717, 1.165) is 18.1 Å². The minimum atomic E-state index is -1.58. The summed E-state index contributed by atoms with van der Waals surface area (Å²) in [5.74, 6) is -0.0568. The predicted octanol–water partition coefficient (Wildman–Crippen LogP) is 2.76. The van der Waals surface area contributed by atoms with E-state index in [9.17, 15) is 4.79 Å². The van der Waals surface area contributed by atoms with Crippen LogP contribution in [0.5, 0.6) is 0 Å². The monoisotopic (exact) mass is 359 g/mol. The zero-order valence-corrected chi connectivity index (χ0v) is 18.3. The van der Waals surface area contributed by atoms with Gasteiger partial charge in [0.15, 0.2) is 16.6 Å². The number of amides is 1. The molecule has 0 aliphatic heterocycles. The summed E-state index contributed by atoms with van der Waals surface area (Å²) < 4.78 is 12.0. The minimum absolute atomic E-state index is 0.0568. The van der Waals surface area contributed by atoms with Crippen LogP contribution in [-0.4, -0.2) is 48.6 Å². The van der Waals surface area contributed by atoms with Gasteiger partial charge in [0.05, 0.1) is 0 Å². The highest BCUT2D eigenvalue weighted by atomic mass is 28.4. The first-order valence-electron chi connectivity index (χ1n) is 7.29. The highest BCUT2D eigenvalue weighted by Gasteiger charge is 2.24. The van der Waals surface area contributed by atoms with Crippen LogP contribution < -0.4 is 5.32 Å². The van der Waals surface area contributed by atoms with Crippen molar-refractivity contribution in [3.8, 4) is 0 Å². The molecule has 0 heterocycles. The summed E-state index contributed by atoms with van der Waals surface area (Å²) in [7, 11) is -1.87. The van der Waals surface area contributed by atoms with Crippen LogP contribution in [0.15, 0.2) is 12.2 Å². The Bertz CT molecular complexity index is 343. The van der Waals surface area contributed by atoms with Gasteiger partial charge in [-0.15, -0.1) is 0 Å². The largest absolute Gasteiger partial charge is 0.456 e. The summed E-state index contributed by atoms with van der Waals surface area (Å²) in [4.78, 5) is 11.3. The van der Waals surface area contributed by atoms with Crippen molar-refractivity contribution in [1.82, 2.24) is 5.32 Å². The summed E-state index contributed by atoms with van der Waals surface area (Å²) in [6.07, 6.45) is 0.954. The maximum absolute atomic E-state index is 11.3. The number of carbonyl (C=O) groups is 1. The fourth-order valence-corrected chi connectivity index (χ4v) is 8.51. The van der Waals surface area contributed by atoms with Gasteiger partial charge in [-0.1, -0.05) is 6.58 Å². The lowest BCUT2D eigenvalue weighted by atomic mass is 10.3. The lowest BCUT2D eigenvalue weighted by Gasteiger charge is -2.24. The van der Waals surface area contributed by atoms with Crippen molar-refractivity contribution in [3.05, 3.63) is 12.2 Å². The van der Waals surface area contributed by atoms with Gasteiger partial charge in [-0.2, -0.15) is 0 Å². The van der Waals surface area contributed by atoms with E-state index in [2.05, 4.69) is 44.6 Å². The topological polar surface area (TPSA) is 47.6 Å². The zero-order chi connectivity index (χ0) is 16.5. The van der Waals surface area contributed by atoms with Crippen LogP contribution in [0.1, 0.15) is 13.3 Å². The summed E-state index contributed by atoms with van der Waals surface area (Å²) in [5, 5.41) is 2.84. The fourth-order valence-electron chi connectivity index (χ4n) is 1.22. The first-order chi connectivity index (χ1) is 9.53.